The minimum absolute atomic E-state index is 0.00727. The Morgan fingerprint density at radius 1 is 1.10 bits per heavy atom. The quantitative estimate of drug-likeness (QED) is 0.304. The minimum Gasteiger partial charge on any atom is -0.462 e. The van der Waals surface area contributed by atoms with Gasteiger partial charge in [-0.05, 0) is 86.8 Å². The summed E-state index contributed by atoms with van der Waals surface area (Å²) in [6, 6.07) is 10.4. The van der Waals surface area contributed by atoms with Gasteiger partial charge in [0.1, 0.15) is 12.2 Å². The average molecular weight is 410 g/mol. The molecule has 0 heterocycles. The first-order chi connectivity index (χ1) is 14.6. The number of carbonyl (C=O) groups excluding carboxylic acids is 1. The second-order valence-corrected chi connectivity index (χ2v) is 8.63. The topological polar surface area (TPSA) is 50.1 Å². The molecule has 1 aromatic carbocycles. The number of hydrogen-bond donors (Lipinski definition) is 0. The van der Waals surface area contributed by atoms with Gasteiger partial charge in [-0.1, -0.05) is 43.3 Å². The number of halogens is 1. The van der Waals surface area contributed by atoms with E-state index >= 15 is 0 Å². The molecule has 2 fully saturated rings. The van der Waals surface area contributed by atoms with Crippen LogP contribution in [0.15, 0.2) is 48.3 Å². The molecule has 160 valence electrons. The Morgan fingerprint density at radius 2 is 1.77 bits per heavy atom. The number of rotatable bonds is 6. The molecule has 3 rings (SSSR count). The van der Waals surface area contributed by atoms with E-state index in [0.29, 0.717) is 11.8 Å². The van der Waals surface area contributed by atoms with E-state index in [1.807, 2.05) is 6.08 Å². The Morgan fingerprint density at radius 3 is 2.37 bits per heavy atom. The van der Waals surface area contributed by atoms with Crippen molar-refractivity contribution in [1.82, 2.24) is 0 Å². The highest BCUT2D eigenvalue weighted by Crippen LogP contribution is 2.37. The summed E-state index contributed by atoms with van der Waals surface area (Å²) in [5.41, 5.74) is 2.77. The van der Waals surface area contributed by atoms with Crippen LogP contribution in [0.5, 0.6) is 0 Å². The molecule has 0 spiro atoms. The van der Waals surface area contributed by atoms with E-state index in [1.165, 1.54) is 23.3 Å². The SMILES string of the molecule is CCc1ccc([C@H]2CC[C@H](C(=O)O[C@H]3CC[C@H](C=CC=C(F)C#N)CC3)CC2)cc1. The van der Waals surface area contributed by atoms with Crippen LogP contribution in [-0.2, 0) is 16.0 Å². The lowest BCUT2D eigenvalue weighted by molar-refractivity contribution is -0.157. The Bertz CT molecular complexity index is 789. The maximum Gasteiger partial charge on any atom is 0.309 e. The van der Waals surface area contributed by atoms with Crippen molar-refractivity contribution in [2.75, 3.05) is 0 Å². The van der Waals surface area contributed by atoms with Crippen LogP contribution in [0.1, 0.15) is 75.3 Å². The van der Waals surface area contributed by atoms with Crippen LogP contribution in [-0.4, -0.2) is 12.1 Å². The maximum absolute atomic E-state index is 12.8. The number of nitrogens with zero attached hydrogens (tertiary/aromatic N) is 1. The summed E-state index contributed by atoms with van der Waals surface area (Å²) in [5, 5.41) is 8.41. The van der Waals surface area contributed by atoms with Crippen molar-refractivity contribution >= 4 is 5.97 Å². The van der Waals surface area contributed by atoms with E-state index in [4.69, 9.17) is 10.00 Å². The van der Waals surface area contributed by atoms with Crippen molar-refractivity contribution in [1.29, 1.82) is 5.26 Å². The zero-order valence-corrected chi connectivity index (χ0v) is 17.9. The molecule has 0 N–H and O–H groups in total. The van der Waals surface area contributed by atoms with Crippen LogP contribution >= 0.6 is 0 Å². The number of nitriles is 1. The highest BCUT2D eigenvalue weighted by molar-refractivity contribution is 5.72. The minimum atomic E-state index is -0.776. The monoisotopic (exact) mass is 409 g/mol. The first-order valence-corrected chi connectivity index (χ1v) is 11.3. The van der Waals surface area contributed by atoms with Gasteiger partial charge in [0.2, 0.25) is 0 Å². The van der Waals surface area contributed by atoms with Crippen LogP contribution in [0.3, 0.4) is 0 Å². The van der Waals surface area contributed by atoms with Gasteiger partial charge < -0.3 is 4.74 Å². The largest absolute Gasteiger partial charge is 0.462 e. The van der Waals surface area contributed by atoms with E-state index in [2.05, 4.69) is 31.2 Å². The molecule has 0 aromatic heterocycles. The van der Waals surface area contributed by atoms with E-state index in [1.54, 1.807) is 6.08 Å². The highest BCUT2D eigenvalue weighted by Gasteiger charge is 2.30. The predicted octanol–water partition coefficient (Wildman–Crippen LogP) is 6.56. The summed E-state index contributed by atoms with van der Waals surface area (Å²) >= 11 is 0. The van der Waals surface area contributed by atoms with Crippen molar-refractivity contribution < 1.29 is 13.9 Å². The van der Waals surface area contributed by atoms with Gasteiger partial charge in [0.05, 0.1) is 5.92 Å². The van der Waals surface area contributed by atoms with Gasteiger partial charge in [0.15, 0.2) is 5.83 Å². The number of esters is 1. The molecule has 4 heteroatoms. The Labute approximate surface area is 179 Å². The predicted molar refractivity (Wildman–Crippen MR) is 116 cm³/mol. The van der Waals surface area contributed by atoms with Crippen LogP contribution in [0.25, 0.3) is 0 Å². The summed E-state index contributed by atoms with van der Waals surface area (Å²) in [6.07, 6.45) is 13.3. The van der Waals surface area contributed by atoms with E-state index < -0.39 is 5.83 Å². The molecule has 0 unspecified atom stereocenters. The molecule has 2 aliphatic rings. The fourth-order valence-electron chi connectivity index (χ4n) is 4.68. The van der Waals surface area contributed by atoms with Crippen molar-refractivity contribution in [2.24, 2.45) is 11.8 Å². The summed E-state index contributed by atoms with van der Waals surface area (Å²) in [7, 11) is 0. The van der Waals surface area contributed by atoms with Gasteiger partial charge in [0.25, 0.3) is 0 Å². The van der Waals surface area contributed by atoms with Crippen LogP contribution in [0.2, 0.25) is 0 Å². The fourth-order valence-corrected chi connectivity index (χ4v) is 4.68. The third-order valence-electron chi connectivity index (χ3n) is 6.65. The fraction of sp³-hybridized carbons (Fsp3) is 0.538. The zero-order chi connectivity index (χ0) is 21.3. The molecule has 0 atom stereocenters. The van der Waals surface area contributed by atoms with Gasteiger partial charge in [-0.25, -0.2) is 0 Å². The van der Waals surface area contributed by atoms with Crippen LogP contribution < -0.4 is 0 Å². The van der Waals surface area contributed by atoms with Crippen molar-refractivity contribution in [3.8, 4) is 6.07 Å². The van der Waals surface area contributed by atoms with Gasteiger partial charge in [-0.2, -0.15) is 9.65 Å². The van der Waals surface area contributed by atoms with Crippen molar-refractivity contribution in [3.05, 3.63) is 59.4 Å². The summed E-state index contributed by atoms with van der Waals surface area (Å²) in [6.45, 7) is 2.17. The number of allylic oxidation sites excluding steroid dienone is 4. The summed E-state index contributed by atoms with van der Waals surface area (Å²) in [4.78, 5) is 12.6. The van der Waals surface area contributed by atoms with Gasteiger partial charge in [0, 0.05) is 0 Å². The molecule has 1 aromatic rings. The molecule has 0 amide bonds. The normalized spacial score (nSPS) is 27.6. The number of hydrogen-bond acceptors (Lipinski definition) is 3. The maximum atomic E-state index is 12.8. The first-order valence-electron chi connectivity index (χ1n) is 11.3. The average Bonchev–Trinajstić information content (AvgIpc) is 2.80. The third kappa shape index (κ3) is 6.29. The smallest absolute Gasteiger partial charge is 0.309 e. The summed E-state index contributed by atoms with van der Waals surface area (Å²) in [5.74, 6) is 0.154. The Kier molecular flexibility index (Phi) is 8.25. The number of carbonyl (C=O) groups is 1. The molecule has 0 aliphatic heterocycles. The number of benzene rings is 1. The zero-order valence-electron chi connectivity index (χ0n) is 17.9. The molecule has 2 saturated carbocycles. The molecule has 3 nitrogen and oxygen atoms in total. The standard InChI is InChI=1S/C26H32FNO2/c1-2-19-6-10-21(11-7-19)22-12-14-23(15-13-22)26(29)30-25-16-8-20(9-17-25)4-3-5-24(27)18-28/h3-7,10-11,20,22-23,25H,2,8-9,12-17H2,1H3/t20-,22-,23-,25-. The van der Waals surface area contributed by atoms with Crippen molar-refractivity contribution in [2.45, 2.75) is 76.7 Å². The second-order valence-electron chi connectivity index (χ2n) is 8.63. The van der Waals surface area contributed by atoms with E-state index in [-0.39, 0.29) is 18.0 Å². The first kappa shape index (κ1) is 22.3. The van der Waals surface area contributed by atoms with Gasteiger partial charge >= 0.3 is 5.97 Å². The molecule has 0 saturated heterocycles. The highest BCUT2D eigenvalue weighted by atomic mass is 19.1. The Hall–Kier alpha value is -2.41. The molecule has 0 bridgehead atoms. The summed E-state index contributed by atoms with van der Waals surface area (Å²) < 4.78 is 18.6. The lowest BCUT2D eigenvalue weighted by atomic mass is 9.78. The molecule has 2 aliphatic carbocycles. The third-order valence-corrected chi connectivity index (χ3v) is 6.65. The van der Waals surface area contributed by atoms with Crippen LogP contribution in [0.4, 0.5) is 4.39 Å². The second kappa shape index (κ2) is 11.1. The van der Waals surface area contributed by atoms with Crippen LogP contribution in [0, 0.1) is 23.2 Å². The molecular formula is C26H32FNO2. The Balaban J connectivity index is 1.39. The number of aryl methyl sites for hydroxylation is 1. The lowest BCUT2D eigenvalue weighted by Gasteiger charge is -2.31. The van der Waals surface area contributed by atoms with E-state index in [9.17, 15) is 9.18 Å². The molecule has 0 radical (unpaired) electrons. The molecular weight excluding hydrogens is 377 g/mol. The lowest BCUT2D eigenvalue weighted by Crippen LogP contribution is -2.29. The molecule has 30 heavy (non-hydrogen) atoms. The van der Waals surface area contributed by atoms with E-state index in [0.717, 1.165) is 57.8 Å². The van der Waals surface area contributed by atoms with Gasteiger partial charge in [-0.15, -0.1) is 0 Å². The van der Waals surface area contributed by atoms with Crippen molar-refractivity contribution in [3.63, 3.8) is 0 Å². The number of ether oxygens (including phenoxy) is 1. The van der Waals surface area contributed by atoms with Gasteiger partial charge in [-0.3, -0.25) is 4.79 Å².